The SMILES string of the molecule is Cn1cccc1CC(=O)N/N=C\c1ccc(Cl)c(Cl)c1. The molecule has 0 spiro atoms. The first-order valence-corrected chi connectivity index (χ1v) is 6.69. The molecule has 2 rings (SSSR count). The van der Waals surface area contributed by atoms with Gasteiger partial charge in [-0.1, -0.05) is 29.3 Å². The topological polar surface area (TPSA) is 46.4 Å². The van der Waals surface area contributed by atoms with E-state index in [9.17, 15) is 4.79 Å². The summed E-state index contributed by atoms with van der Waals surface area (Å²) in [7, 11) is 1.89. The van der Waals surface area contributed by atoms with Crippen LogP contribution in [0.25, 0.3) is 0 Å². The molecule has 6 heteroatoms. The van der Waals surface area contributed by atoms with E-state index < -0.39 is 0 Å². The van der Waals surface area contributed by atoms with E-state index in [4.69, 9.17) is 23.2 Å². The van der Waals surface area contributed by atoms with Crippen LogP contribution in [0.2, 0.25) is 10.0 Å². The molecule has 0 aliphatic rings. The van der Waals surface area contributed by atoms with Gasteiger partial charge < -0.3 is 4.57 Å². The second-order valence-corrected chi connectivity index (χ2v) is 5.07. The van der Waals surface area contributed by atoms with Gasteiger partial charge in [0.25, 0.3) is 0 Å². The van der Waals surface area contributed by atoms with Gasteiger partial charge in [-0.3, -0.25) is 4.79 Å². The van der Waals surface area contributed by atoms with Crippen LogP contribution in [0.5, 0.6) is 0 Å². The third-order valence-corrected chi connectivity index (χ3v) is 3.48. The number of rotatable bonds is 4. The Morgan fingerprint density at radius 3 is 2.80 bits per heavy atom. The molecule has 0 atom stereocenters. The van der Waals surface area contributed by atoms with Crippen molar-refractivity contribution in [3.8, 4) is 0 Å². The lowest BCUT2D eigenvalue weighted by Gasteiger charge is -2.02. The fraction of sp³-hybridized carbons (Fsp3) is 0.143. The second-order valence-electron chi connectivity index (χ2n) is 4.25. The average molecular weight is 310 g/mol. The molecule has 1 amide bonds. The van der Waals surface area contributed by atoms with Crippen molar-refractivity contribution in [1.29, 1.82) is 0 Å². The predicted octanol–water partition coefficient (Wildman–Crippen LogP) is 3.02. The van der Waals surface area contributed by atoms with Gasteiger partial charge in [-0.2, -0.15) is 5.10 Å². The highest BCUT2D eigenvalue weighted by molar-refractivity contribution is 6.42. The average Bonchev–Trinajstić information content (AvgIpc) is 2.79. The lowest BCUT2D eigenvalue weighted by atomic mass is 10.2. The van der Waals surface area contributed by atoms with Crippen LogP contribution in [0, 0.1) is 0 Å². The van der Waals surface area contributed by atoms with Crippen LogP contribution >= 0.6 is 23.2 Å². The molecule has 2 aromatic rings. The standard InChI is InChI=1S/C14H13Cl2N3O/c1-19-6-2-3-11(19)8-14(20)18-17-9-10-4-5-12(15)13(16)7-10/h2-7,9H,8H2,1H3,(H,18,20)/b17-9-. The van der Waals surface area contributed by atoms with Crippen LogP contribution in [-0.4, -0.2) is 16.7 Å². The van der Waals surface area contributed by atoms with Crippen molar-refractivity contribution in [2.45, 2.75) is 6.42 Å². The van der Waals surface area contributed by atoms with Gasteiger partial charge >= 0.3 is 0 Å². The molecule has 20 heavy (non-hydrogen) atoms. The number of carbonyl (C=O) groups excluding carboxylic acids is 1. The number of nitrogens with one attached hydrogen (secondary N) is 1. The van der Waals surface area contributed by atoms with Gasteiger partial charge in [0.05, 0.1) is 22.7 Å². The van der Waals surface area contributed by atoms with E-state index in [1.807, 2.05) is 29.9 Å². The number of carbonyl (C=O) groups is 1. The summed E-state index contributed by atoms with van der Waals surface area (Å²) in [5.74, 6) is -0.178. The van der Waals surface area contributed by atoms with E-state index in [2.05, 4.69) is 10.5 Å². The lowest BCUT2D eigenvalue weighted by Crippen LogP contribution is -2.20. The maximum absolute atomic E-state index is 11.7. The monoisotopic (exact) mass is 309 g/mol. The van der Waals surface area contributed by atoms with Gasteiger partial charge in [-0.15, -0.1) is 0 Å². The van der Waals surface area contributed by atoms with Gasteiger partial charge in [0.15, 0.2) is 0 Å². The van der Waals surface area contributed by atoms with Gasteiger partial charge in [0.2, 0.25) is 5.91 Å². The molecule has 0 bridgehead atoms. The summed E-state index contributed by atoms with van der Waals surface area (Å²) >= 11 is 11.7. The Morgan fingerprint density at radius 1 is 1.35 bits per heavy atom. The van der Waals surface area contributed by atoms with Gasteiger partial charge in [-0.25, -0.2) is 5.43 Å². The van der Waals surface area contributed by atoms with Crippen molar-refractivity contribution in [2.24, 2.45) is 12.1 Å². The molecule has 0 aliphatic carbocycles. The van der Waals surface area contributed by atoms with E-state index in [1.165, 1.54) is 6.21 Å². The minimum absolute atomic E-state index is 0.178. The normalized spacial score (nSPS) is 10.9. The fourth-order valence-electron chi connectivity index (χ4n) is 1.66. The molecule has 0 aliphatic heterocycles. The molecule has 0 radical (unpaired) electrons. The maximum atomic E-state index is 11.7. The molecule has 104 valence electrons. The highest BCUT2D eigenvalue weighted by atomic mass is 35.5. The number of hydrazone groups is 1. The van der Waals surface area contributed by atoms with Crippen molar-refractivity contribution < 1.29 is 4.79 Å². The molecular formula is C14H13Cl2N3O. The van der Waals surface area contributed by atoms with Crippen molar-refractivity contribution in [3.05, 3.63) is 57.8 Å². The van der Waals surface area contributed by atoms with Crippen LogP contribution in [0.4, 0.5) is 0 Å². The molecule has 1 N–H and O–H groups in total. The minimum Gasteiger partial charge on any atom is -0.354 e. The summed E-state index contributed by atoms with van der Waals surface area (Å²) in [6.45, 7) is 0. The Labute approximate surface area is 127 Å². The first-order chi connectivity index (χ1) is 9.56. The smallest absolute Gasteiger partial charge is 0.245 e. The van der Waals surface area contributed by atoms with E-state index in [1.54, 1.807) is 18.2 Å². The van der Waals surface area contributed by atoms with E-state index in [-0.39, 0.29) is 12.3 Å². The van der Waals surface area contributed by atoms with E-state index >= 15 is 0 Å². The number of halogens is 2. The Balaban J connectivity index is 1.91. The third kappa shape index (κ3) is 3.85. The number of hydrogen-bond acceptors (Lipinski definition) is 2. The molecule has 0 saturated carbocycles. The number of amides is 1. The fourth-order valence-corrected chi connectivity index (χ4v) is 1.96. The van der Waals surface area contributed by atoms with Gasteiger partial charge in [-0.05, 0) is 29.8 Å². The minimum atomic E-state index is -0.178. The summed E-state index contributed by atoms with van der Waals surface area (Å²) < 4.78 is 1.89. The van der Waals surface area contributed by atoms with Gasteiger partial charge in [0.1, 0.15) is 0 Å². The molecule has 1 aromatic heterocycles. The Kier molecular flexibility index (Phi) is 4.82. The van der Waals surface area contributed by atoms with Crippen LogP contribution in [0.1, 0.15) is 11.3 Å². The zero-order valence-electron chi connectivity index (χ0n) is 10.8. The lowest BCUT2D eigenvalue weighted by molar-refractivity contribution is -0.120. The first-order valence-electron chi connectivity index (χ1n) is 5.93. The van der Waals surface area contributed by atoms with Crippen molar-refractivity contribution >= 4 is 35.3 Å². The maximum Gasteiger partial charge on any atom is 0.245 e. The highest BCUT2D eigenvalue weighted by Gasteiger charge is 2.04. The highest BCUT2D eigenvalue weighted by Crippen LogP contribution is 2.21. The zero-order chi connectivity index (χ0) is 14.5. The Bertz CT molecular complexity index is 650. The second kappa shape index (κ2) is 6.59. The number of aromatic nitrogens is 1. The van der Waals surface area contributed by atoms with Crippen LogP contribution in [0.3, 0.4) is 0 Å². The number of hydrogen-bond donors (Lipinski definition) is 1. The zero-order valence-corrected chi connectivity index (χ0v) is 12.3. The predicted molar refractivity (Wildman–Crippen MR) is 81.3 cm³/mol. The Hall–Kier alpha value is -1.78. The number of benzene rings is 1. The first kappa shape index (κ1) is 14.6. The van der Waals surface area contributed by atoms with Crippen LogP contribution < -0.4 is 5.43 Å². The summed E-state index contributed by atoms with van der Waals surface area (Å²) in [5, 5.41) is 4.82. The summed E-state index contributed by atoms with van der Waals surface area (Å²) in [6, 6.07) is 8.90. The third-order valence-electron chi connectivity index (χ3n) is 2.74. The van der Waals surface area contributed by atoms with Crippen molar-refractivity contribution in [2.75, 3.05) is 0 Å². The molecule has 4 nitrogen and oxygen atoms in total. The largest absolute Gasteiger partial charge is 0.354 e. The van der Waals surface area contributed by atoms with E-state index in [0.717, 1.165) is 11.3 Å². The Morgan fingerprint density at radius 2 is 2.15 bits per heavy atom. The van der Waals surface area contributed by atoms with Crippen LogP contribution in [0.15, 0.2) is 41.6 Å². The van der Waals surface area contributed by atoms with E-state index in [0.29, 0.717) is 10.0 Å². The van der Waals surface area contributed by atoms with Gasteiger partial charge in [0, 0.05) is 18.9 Å². The summed E-state index contributed by atoms with van der Waals surface area (Å²) in [6.07, 6.45) is 3.69. The quantitative estimate of drug-likeness (QED) is 0.685. The van der Waals surface area contributed by atoms with Crippen molar-refractivity contribution in [1.82, 2.24) is 9.99 Å². The molecule has 1 heterocycles. The molecule has 0 saturated heterocycles. The number of aryl methyl sites for hydroxylation is 1. The molecule has 0 unspecified atom stereocenters. The summed E-state index contributed by atoms with van der Waals surface area (Å²) in [5.41, 5.74) is 4.16. The molecule has 0 fully saturated rings. The molecular weight excluding hydrogens is 297 g/mol. The van der Waals surface area contributed by atoms with Crippen LogP contribution in [-0.2, 0) is 18.3 Å². The van der Waals surface area contributed by atoms with Crippen molar-refractivity contribution in [3.63, 3.8) is 0 Å². The molecule has 1 aromatic carbocycles. The summed E-state index contributed by atoms with van der Waals surface area (Å²) in [4.78, 5) is 11.7. The number of nitrogens with zero attached hydrogens (tertiary/aromatic N) is 2.